The van der Waals surface area contributed by atoms with Gasteiger partial charge in [-0.2, -0.15) is 0 Å². The molecule has 3 aromatic carbocycles. The highest BCUT2D eigenvalue weighted by atomic mass is 16.5. The number of imide groups is 2. The molecule has 216 valence electrons. The molecule has 2 heterocycles. The molecule has 0 radical (unpaired) electrons. The Kier molecular flexibility index (Phi) is 8.52. The van der Waals surface area contributed by atoms with E-state index in [9.17, 15) is 19.2 Å². The number of likely N-dealkylation sites (tertiary alicyclic amines) is 1. The molecule has 5 rings (SSSR count). The molecule has 5 amide bonds. The van der Waals surface area contributed by atoms with Crippen LogP contribution < -0.4 is 24.4 Å². The second-order valence-corrected chi connectivity index (χ2v) is 9.90. The molecule has 2 saturated heterocycles. The minimum absolute atomic E-state index is 0.0511. The molecular weight excluding hydrogens is 538 g/mol. The Morgan fingerprint density at radius 3 is 2.24 bits per heavy atom. The van der Waals surface area contributed by atoms with E-state index >= 15 is 0 Å². The summed E-state index contributed by atoms with van der Waals surface area (Å²) in [6.07, 6.45) is 4.64. The van der Waals surface area contributed by atoms with E-state index in [0.29, 0.717) is 34.1 Å². The summed E-state index contributed by atoms with van der Waals surface area (Å²) < 4.78 is 16.6. The van der Waals surface area contributed by atoms with Crippen LogP contribution in [0.4, 0.5) is 10.5 Å². The smallest absolute Gasteiger partial charge is 0.335 e. The summed E-state index contributed by atoms with van der Waals surface area (Å²) in [6.45, 7) is 1.84. The van der Waals surface area contributed by atoms with Crippen molar-refractivity contribution in [2.24, 2.45) is 0 Å². The van der Waals surface area contributed by atoms with Crippen LogP contribution in [0.5, 0.6) is 17.2 Å². The number of nitrogens with zero attached hydrogens (tertiary/aromatic N) is 2. The van der Waals surface area contributed by atoms with Gasteiger partial charge in [0.1, 0.15) is 17.9 Å². The number of anilines is 1. The molecule has 42 heavy (non-hydrogen) atoms. The molecule has 10 nitrogen and oxygen atoms in total. The average Bonchev–Trinajstić information content (AvgIpc) is 3.02. The average molecular weight is 570 g/mol. The Labute approximate surface area is 243 Å². The number of ether oxygens (including phenoxy) is 3. The zero-order valence-corrected chi connectivity index (χ0v) is 23.4. The fourth-order valence-corrected chi connectivity index (χ4v) is 4.87. The lowest BCUT2D eigenvalue weighted by Crippen LogP contribution is -2.54. The van der Waals surface area contributed by atoms with Crippen LogP contribution in [0.25, 0.3) is 6.08 Å². The van der Waals surface area contributed by atoms with Crippen molar-refractivity contribution in [2.45, 2.75) is 25.9 Å². The van der Waals surface area contributed by atoms with Crippen molar-refractivity contribution in [3.8, 4) is 17.2 Å². The van der Waals surface area contributed by atoms with Crippen molar-refractivity contribution >= 4 is 35.5 Å². The van der Waals surface area contributed by atoms with Gasteiger partial charge >= 0.3 is 6.03 Å². The van der Waals surface area contributed by atoms with Crippen molar-refractivity contribution in [1.29, 1.82) is 0 Å². The van der Waals surface area contributed by atoms with Crippen LogP contribution in [0.15, 0.2) is 72.3 Å². The van der Waals surface area contributed by atoms with Gasteiger partial charge < -0.3 is 19.1 Å². The minimum atomic E-state index is -0.836. The zero-order chi connectivity index (χ0) is 29.6. The number of benzene rings is 3. The second kappa shape index (κ2) is 12.6. The van der Waals surface area contributed by atoms with Crippen molar-refractivity contribution in [3.05, 3.63) is 89.0 Å². The largest absolute Gasteiger partial charge is 0.497 e. The Balaban J connectivity index is 1.28. The standard InChI is InChI=1S/C32H31N3O7/c1-40-25-13-11-24(12-14-25)35-31(38)26(29(36)33-32(35)39)18-22-8-15-27(28(19-22)41-2)42-20-21-6-9-23(10-7-21)30(37)34-16-4-3-5-17-34/h6-15,18-19H,3-5,16-17,20H2,1-2H3,(H,33,36,39)/b26-18+. The van der Waals surface area contributed by atoms with Crippen molar-refractivity contribution < 1.29 is 33.4 Å². The van der Waals surface area contributed by atoms with Gasteiger partial charge in [0.15, 0.2) is 11.5 Å². The van der Waals surface area contributed by atoms with Crippen molar-refractivity contribution in [3.63, 3.8) is 0 Å². The number of amides is 5. The summed E-state index contributed by atoms with van der Waals surface area (Å²) in [6, 6.07) is 17.9. The van der Waals surface area contributed by atoms with E-state index in [4.69, 9.17) is 14.2 Å². The normalized spacial score (nSPS) is 16.3. The zero-order valence-electron chi connectivity index (χ0n) is 23.4. The third-order valence-electron chi connectivity index (χ3n) is 7.17. The Morgan fingerprint density at radius 2 is 1.57 bits per heavy atom. The number of nitrogens with one attached hydrogen (secondary N) is 1. The first-order valence-electron chi connectivity index (χ1n) is 13.6. The van der Waals surface area contributed by atoms with Gasteiger partial charge in [-0.05, 0) is 85.0 Å². The number of hydrogen-bond acceptors (Lipinski definition) is 7. The molecule has 0 aliphatic carbocycles. The number of rotatable bonds is 8. The molecule has 2 aliphatic rings. The van der Waals surface area contributed by atoms with Crippen LogP contribution in [0.3, 0.4) is 0 Å². The summed E-state index contributed by atoms with van der Waals surface area (Å²) in [7, 11) is 3.00. The van der Waals surface area contributed by atoms with Gasteiger partial charge in [0.2, 0.25) is 0 Å². The highest BCUT2D eigenvalue weighted by molar-refractivity contribution is 6.39. The van der Waals surface area contributed by atoms with Crippen LogP contribution in [0.2, 0.25) is 0 Å². The number of carbonyl (C=O) groups excluding carboxylic acids is 4. The van der Waals surface area contributed by atoms with Gasteiger partial charge in [0.25, 0.3) is 17.7 Å². The number of methoxy groups -OCH3 is 2. The van der Waals surface area contributed by atoms with Crippen molar-refractivity contribution in [1.82, 2.24) is 10.2 Å². The first-order chi connectivity index (χ1) is 20.4. The van der Waals surface area contributed by atoms with Gasteiger partial charge in [0, 0.05) is 18.7 Å². The van der Waals surface area contributed by atoms with Gasteiger partial charge in [-0.3, -0.25) is 19.7 Å². The molecule has 0 atom stereocenters. The lowest BCUT2D eigenvalue weighted by molar-refractivity contribution is -0.122. The first kappa shape index (κ1) is 28.4. The van der Waals surface area contributed by atoms with Crippen LogP contribution in [0, 0.1) is 0 Å². The number of piperidine rings is 1. The van der Waals surface area contributed by atoms with E-state index < -0.39 is 17.8 Å². The highest BCUT2D eigenvalue weighted by Gasteiger charge is 2.36. The predicted octanol–water partition coefficient (Wildman–Crippen LogP) is 4.58. The van der Waals surface area contributed by atoms with E-state index in [-0.39, 0.29) is 18.1 Å². The summed E-state index contributed by atoms with van der Waals surface area (Å²) in [4.78, 5) is 53.8. The second-order valence-electron chi connectivity index (χ2n) is 9.90. The molecule has 1 N–H and O–H groups in total. The van der Waals surface area contributed by atoms with Crippen LogP contribution in [-0.4, -0.2) is 56.0 Å². The van der Waals surface area contributed by atoms with Crippen LogP contribution in [-0.2, 0) is 16.2 Å². The number of urea groups is 1. The van der Waals surface area contributed by atoms with Crippen molar-refractivity contribution in [2.75, 3.05) is 32.2 Å². The number of carbonyl (C=O) groups is 4. The first-order valence-corrected chi connectivity index (χ1v) is 13.6. The fraction of sp³-hybridized carbons (Fsp3) is 0.250. The fourth-order valence-electron chi connectivity index (χ4n) is 4.87. The van der Waals surface area contributed by atoms with E-state index in [1.807, 2.05) is 29.2 Å². The maximum Gasteiger partial charge on any atom is 0.335 e. The highest BCUT2D eigenvalue weighted by Crippen LogP contribution is 2.31. The van der Waals surface area contributed by atoms with Gasteiger partial charge in [-0.15, -0.1) is 0 Å². The Morgan fingerprint density at radius 1 is 0.857 bits per heavy atom. The topological polar surface area (TPSA) is 114 Å². The molecule has 3 aromatic rings. The lowest BCUT2D eigenvalue weighted by atomic mass is 10.1. The Bertz CT molecular complexity index is 1520. The van der Waals surface area contributed by atoms with Crippen LogP contribution in [0.1, 0.15) is 40.7 Å². The predicted molar refractivity (Wildman–Crippen MR) is 156 cm³/mol. The summed E-state index contributed by atoms with van der Waals surface area (Å²) in [5, 5.41) is 2.21. The van der Waals surface area contributed by atoms with Crippen LogP contribution >= 0.6 is 0 Å². The summed E-state index contributed by atoms with van der Waals surface area (Å²) >= 11 is 0. The maximum atomic E-state index is 13.2. The summed E-state index contributed by atoms with van der Waals surface area (Å²) in [5.41, 5.74) is 2.12. The van der Waals surface area contributed by atoms with Gasteiger partial charge in [-0.1, -0.05) is 18.2 Å². The molecule has 0 saturated carbocycles. The van der Waals surface area contributed by atoms with Gasteiger partial charge in [0.05, 0.1) is 19.9 Å². The lowest BCUT2D eigenvalue weighted by Gasteiger charge is -2.26. The number of hydrogen-bond donors (Lipinski definition) is 1. The monoisotopic (exact) mass is 569 g/mol. The molecule has 0 aromatic heterocycles. The maximum absolute atomic E-state index is 13.2. The minimum Gasteiger partial charge on any atom is -0.497 e. The third-order valence-corrected chi connectivity index (χ3v) is 7.17. The summed E-state index contributed by atoms with van der Waals surface area (Å²) in [5.74, 6) is -0.0812. The molecule has 2 fully saturated rings. The molecule has 0 spiro atoms. The number of barbiturate groups is 1. The molecule has 10 heteroatoms. The molecular formula is C32H31N3O7. The van der Waals surface area contributed by atoms with Gasteiger partial charge in [-0.25, -0.2) is 9.69 Å². The van der Waals surface area contributed by atoms with E-state index in [2.05, 4.69) is 5.32 Å². The molecule has 0 bridgehead atoms. The quantitative estimate of drug-likeness (QED) is 0.312. The Hall–Kier alpha value is -5.12. The SMILES string of the molecule is COc1ccc(N2C(=O)NC(=O)/C(=C\c3ccc(OCc4ccc(C(=O)N5CCCCC5)cc4)c(OC)c3)C2=O)cc1. The molecule has 0 unspecified atom stereocenters. The molecule has 2 aliphatic heterocycles. The van der Waals surface area contributed by atoms with E-state index in [0.717, 1.165) is 36.4 Å². The van der Waals surface area contributed by atoms with E-state index in [1.165, 1.54) is 26.7 Å². The van der Waals surface area contributed by atoms with E-state index in [1.54, 1.807) is 42.5 Å². The third kappa shape index (κ3) is 6.12.